The van der Waals surface area contributed by atoms with Gasteiger partial charge in [0.1, 0.15) is 12.4 Å². The molecule has 2 aliphatic rings. The van der Waals surface area contributed by atoms with Crippen molar-refractivity contribution in [2.45, 2.75) is 38.1 Å². The number of ether oxygens (including phenoxy) is 1. The fourth-order valence-corrected chi connectivity index (χ4v) is 3.50. The fourth-order valence-electron chi connectivity index (χ4n) is 3.50. The molecule has 1 fully saturated rings. The third-order valence-electron chi connectivity index (χ3n) is 4.64. The number of benzene rings is 1. The van der Waals surface area contributed by atoms with Crippen LogP contribution in [-0.2, 0) is 11.2 Å². The van der Waals surface area contributed by atoms with Crippen LogP contribution in [0.5, 0.6) is 5.75 Å². The number of halogens is 1. The topological polar surface area (TPSA) is 55.6 Å². The van der Waals surface area contributed by atoms with Crippen LogP contribution in [0.4, 0.5) is 0 Å². The van der Waals surface area contributed by atoms with E-state index >= 15 is 0 Å². The van der Waals surface area contributed by atoms with Crippen molar-refractivity contribution in [2.75, 3.05) is 19.7 Å². The molecule has 0 saturated carbocycles. The zero-order chi connectivity index (χ0) is 14.7. The highest BCUT2D eigenvalue weighted by molar-refractivity contribution is 5.85. The molecule has 0 aromatic heterocycles. The predicted molar refractivity (Wildman–Crippen MR) is 89.4 cm³/mol. The van der Waals surface area contributed by atoms with Crippen LogP contribution in [0.25, 0.3) is 0 Å². The summed E-state index contributed by atoms with van der Waals surface area (Å²) in [5, 5.41) is 0. The summed E-state index contributed by atoms with van der Waals surface area (Å²) in [6.07, 6.45) is 5.11. The number of hydrogen-bond acceptors (Lipinski definition) is 3. The number of hydrogen-bond donors (Lipinski definition) is 1. The minimum Gasteiger partial charge on any atom is -0.492 e. The molecule has 122 valence electrons. The lowest BCUT2D eigenvalue weighted by Crippen LogP contribution is -2.49. The zero-order valence-electron chi connectivity index (χ0n) is 12.9. The summed E-state index contributed by atoms with van der Waals surface area (Å²) in [5.74, 6) is 1.14. The molecule has 2 N–H and O–H groups in total. The van der Waals surface area contributed by atoms with Crippen LogP contribution in [0.2, 0.25) is 0 Å². The van der Waals surface area contributed by atoms with E-state index in [4.69, 9.17) is 10.5 Å². The van der Waals surface area contributed by atoms with Gasteiger partial charge in [0, 0.05) is 12.6 Å². The molecule has 0 spiro atoms. The summed E-state index contributed by atoms with van der Waals surface area (Å²) in [7, 11) is 0. The number of carbonyl (C=O) groups excluding carboxylic acids is 1. The lowest BCUT2D eigenvalue weighted by molar-refractivity contribution is -0.140. The molecule has 3 rings (SSSR count). The molecule has 1 amide bonds. The van der Waals surface area contributed by atoms with Crippen LogP contribution in [0.15, 0.2) is 24.3 Å². The number of nitrogens with two attached hydrogens (primary N) is 1. The van der Waals surface area contributed by atoms with Crippen LogP contribution in [-0.4, -0.2) is 36.5 Å². The Labute approximate surface area is 138 Å². The minimum absolute atomic E-state index is 0. The highest BCUT2D eigenvalue weighted by Gasteiger charge is 2.33. The van der Waals surface area contributed by atoms with Gasteiger partial charge in [0.2, 0.25) is 5.91 Å². The predicted octanol–water partition coefficient (Wildman–Crippen LogP) is 2.39. The van der Waals surface area contributed by atoms with E-state index in [1.807, 2.05) is 18.2 Å². The normalized spacial score (nSPS) is 24.0. The minimum atomic E-state index is -0.0433. The van der Waals surface area contributed by atoms with Crippen molar-refractivity contribution in [3.63, 3.8) is 0 Å². The first-order valence-electron chi connectivity index (χ1n) is 8.01. The van der Waals surface area contributed by atoms with Gasteiger partial charge in [0.15, 0.2) is 0 Å². The molecule has 1 aromatic rings. The van der Waals surface area contributed by atoms with E-state index < -0.39 is 0 Å². The van der Waals surface area contributed by atoms with Crippen LogP contribution in [0, 0.1) is 5.92 Å². The van der Waals surface area contributed by atoms with E-state index in [9.17, 15) is 4.79 Å². The average Bonchev–Trinajstić information content (AvgIpc) is 2.54. The Hall–Kier alpha value is -1.26. The van der Waals surface area contributed by atoms with Crippen molar-refractivity contribution >= 4 is 18.3 Å². The van der Waals surface area contributed by atoms with Crippen LogP contribution in [0.1, 0.15) is 31.2 Å². The molecular formula is C17H25ClN2O2. The number of nitrogens with zero attached hydrogens (tertiary/aromatic N) is 1. The van der Waals surface area contributed by atoms with Gasteiger partial charge in [0.05, 0.1) is 5.92 Å². The van der Waals surface area contributed by atoms with Gasteiger partial charge in [-0.05, 0) is 50.3 Å². The van der Waals surface area contributed by atoms with E-state index in [1.54, 1.807) is 0 Å². The molecular weight excluding hydrogens is 300 g/mol. The molecule has 2 heterocycles. The Kier molecular flexibility index (Phi) is 6.09. The third-order valence-corrected chi connectivity index (χ3v) is 4.64. The van der Waals surface area contributed by atoms with E-state index in [1.165, 1.54) is 6.42 Å². The van der Waals surface area contributed by atoms with Gasteiger partial charge in [-0.25, -0.2) is 0 Å². The SMILES string of the molecule is Cl.NCCC1CCCCN1C(=O)C1COc2ccccc2C1. The maximum atomic E-state index is 12.9. The Morgan fingerprint density at radius 3 is 2.95 bits per heavy atom. The van der Waals surface area contributed by atoms with Gasteiger partial charge in [-0.3, -0.25) is 4.79 Å². The summed E-state index contributed by atoms with van der Waals surface area (Å²) < 4.78 is 5.77. The lowest BCUT2D eigenvalue weighted by Gasteiger charge is -2.38. The molecule has 0 radical (unpaired) electrons. The number of likely N-dealkylation sites (tertiary alicyclic amines) is 1. The molecule has 2 atom stereocenters. The first kappa shape index (κ1) is 17.1. The van der Waals surface area contributed by atoms with E-state index in [0.29, 0.717) is 19.2 Å². The van der Waals surface area contributed by atoms with Gasteiger partial charge >= 0.3 is 0 Å². The van der Waals surface area contributed by atoms with Gasteiger partial charge in [0.25, 0.3) is 0 Å². The van der Waals surface area contributed by atoms with Crippen molar-refractivity contribution in [1.82, 2.24) is 4.90 Å². The molecule has 4 nitrogen and oxygen atoms in total. The van der Waals surface area contributed by atoms with Crippen molar-refractivity contribution in [3.8, 4) is 5.75 Å². The molecule has 0 aliphatic carbocycles. The van der Waals surface area contributed by atoms with Crippen LogP contribution in [0.3, 0.4) is 0 Å². The highest BCUT2D eigenvalue weighted by atomic mass is 35.5. The summed E-state index contributed by atoms with van der Waals surface area (Å²) in [6.45, 7) is 2.03. The van der Waals surface area contributed by atoms with E-state index in [-0.39, 0.29) is 24.2 Å². The van der Waals surface area contributed by atoms with Crippen molar-refractivity contribution in [1.29, 1.82) is 0 Å². The maximum Gasteiger partial charge on any atom is 0.229 e. The second-order valence-electron chi connectivity index (χ2n) is 6.08. The largest absolute Gasteiger partial charge is 0.492 e. The number of piperidine rings is 1. The second kappa shape index (κ2) is 7.84. The van der Waals surface area contributed by atoms with Crippen molar-refractivity contribution in [2.24, 2.45) is 11.7 Å². The molecule has 22 heavy (non-hydrogen) atoms. The summed E-state index contributed by atoms with van der Waals surface area (Å²) >= 11 is 0. The second-order valence-corrected chi connectivity index (χ2v) is 6.08. The zero-order valence-corrected chi connectivity index (χ0v) is 13.7. The molecule has 0 bridgehead atoms. The van der Waals surface area contributed by atoms with Crippen LogP contribution >= 0.6 is 12.4 Å². The molecule has 2 unspecified atom stereocenters. The highest BCUT2D eigenvalue weighted by Crippen LogP contribution is 2.29. The van der Waals surface area contributed by atoms with Crippen LogP contribution < -0.4 is 10.5 Å². The number of fused-ring (bicyclic) bond motifs is 1. The Balaban J connectivity index is 0.00000176. The van der Waals surface area contributed by atoms with E-state index in [0.717, 1.165) is 43.5 Å². The van der Waals surface area contributed by atoms with Gasteiger partial charge < -0.3 is 15.4 Å². The van der Waals surface area contributed by atoms with Gasteiger partial charge in [-0.2, -0.15) is 0 Å². The monoisotopic (exact) mass is 324 g/mol. The first-order chi connectivity index (χ1) is 10.3. The smallest absolute Gasteiger partial charge is 0.229 e. The molecule has 1 aromatic carbocycles. The molecule has 1 saturated heterocycles. The number of carbonyl (C=O) groups is 1. The van der Waals surface area contributed by atoms with E-state index in [2.05, 4.69) is 11.0 Å². The Morgan fingerprint density at radius 2 is 2.14 bits per heavy atom. The Morgan fingerprint density at radius 1 is 1.32 bits per heavy atom. The standard InChI is InChI=1S/C17H24N2O2.ClH/c18-9-8-15-6-3-4-10-19(15)17(20)14-11-13-5-1-2-7-16(13)21-12-14;/h1-2,5,7,14-15H,3-4,6,8-12,18H2;1H. The summed E-state index contributed by atoms with van der Waals surface area (Å²) in [6, 6.07) is 8.35. The quantitative estimate of drug-likeness (QED) is 0.928. The molecule has 5 heteroatoms. The fraction of sp³-hybridized carbons (Fsp3) is 0.588. The third kappa shape index (κ3) is 3.55. The molecule has 2 aliphatic heterocycles. The number of amides is 1. The van der Waals surface area contributed by atoms with Gasteiger partial charge in [-0.15, -0.1) is 12.4 Å². The lowest BCUT2D eigenvalue weighted by atomic mass is 9.92. The van der Waals surface area contributed by atoms with Crippen molar-refractivity contribution in [3.05, 3.63) is 29.8 Å². The Bertz CT molecular complexity index is 507. The first-order valence-corrected chi connectivity index (χ1v) is 8.01. The number of rotatable bonds is 3. The average molecular weight is 325 g/mol. The summed E-state index contributed by atoms with van der Waals surface area (Å²) in [5.41, 5.74) is 6.85. The maximum absolute atomic E-state index is 12.9. The van der Waals surface area contributed by atoms with Gasteiger partial charge in [-0.1, -0.05) is 18.2 Å². The summed E-state index contributed by atoms with van der Waals surface area (Å²) in [4.78, 5) is 14.9. The van der Waals surface area contributed by atoms with Crippen molar-refractivity contribution < 1.29 is 9.53 Å². The number of para-hydroxylation sites is 1.